The molecule has 2 nitrogen and oxygen atoms in total. The molecule has 0 radical (unpaired) electrons. The molecule has 3 fully saturated rings. The van der Waals surface area contributed by atoms with Crippen molar-refractivity contribution in [3.05, 3.63) is 11.6 Å². The van der Waals surface area contributed by atoms with Crippen LogP contribution in [-0.4, -0.2) is 12.1 Å². The van der Waals surface area contributed by atoms with Crippen molar-refractivity contribution in [3.63, 3.8) is 0 Å². The lowest BCUT2D eigenvalue weighted by Gasteiger charge is -2.40. The number of rotatable bonds is 3. The molecule has 0 heterocycles. The molecule has 6 unspecified atom stereocenters. The van der Waals surface area contributed by atoms with Gasteiger partial charge in [0.15, 0.2) is 0 Å². The van der Waals surface area contributed by atoms with Gasteiger partial charge in [0.1, 0.15) is 6.10 Å². The van der Waals surface area contributed by atoms with E-state index in [2.05, 4.69) is 40.7 Å². The lowest BCUT2D eigenvalue weighted by molar-refractivity contribution is -0.167. The molecular formula is C21H34O2. The lowest BCUT2D eigenvalue weighted by Crippen LogP contribution is -2.43. The van der Waals surface area contributed by atoms with Crippen LogP contribution in [0.5, 0.6) is 0 Å². The largest absolute Gasteiger partial charge is 0.461 e. The SMILES string of the molecule is CC(C)=CC(C)(C(=O)OC1CC2CC1C1CCCC21)C(C)(C)C. The van der Waals surface area contributed by atoms with E-state index in [1.54, 1.807) is 0 Å². The normalized spacial score (nSPS) is 38.1. The first kappa shape index (κ1) is 17.0. The molecule has 6 atom stereocenters. The number of carbonyl (C=O) groups is 1. The van der Waals surface area contributed by atoms with Crippen LogP contribution >= 0.6 is 0 Å². The zero-order valence-corrected chi connectivity index (χ0v) is 15.8. The number of ether oxygens (including phenoxy) is 1. The maximum Gasteiger partial charge on any atom is 0.316 e. The molecule has 3 aliphatic carbocycles. The molecule has 0 saturated heterocycles. The smallest absolute Gasteiger partial charge is 0.316 e. The molecule has 0 aromatic rings. The van der Waals surface area contributed by atoms with Crippen LogP contribution in [0.3, 0.4) is 0 Å². The number of fused-ring (bicyclic) bond motifs is 5. The summed E-state index contributed by atoms with van der Waals surface area (Å²) in [6, 6.07) is 0. The van der Waals surface area contributed by atoms with E-state index < -0.39 is 5.41 Å². The van der Waals surface area contributed by atoms with Gasteiger partial charge in [0.05, 0.1) is 5.41 Å². The Kier molecular flexibility index (Phi) is 4.18. The van der Waals surface area contributed by atoms with Gasteiger partial charge in [0.25, 0.3) is 0 Å². The predicted octanol–water partition coefficient (Wildman–Crippen LogP) is 5.37. The van der Waals surface area contributed by atoms with Gasteiger partial charge >= 0.3 is 5.97 Å². The number of hydrogen-bond donors (Lipinski definition) is 0. The Labute approximate surface area is 142 Å². The molecular weight excluding hydrogens is 284 g/mol. The fourth-order valence-electron chi connectivity index (χ4n) is 5.56. The molecule has 3 saturated carbocycles. The molecule has 0 aliphatic heterocycles. The molecule has 3 aliphatic rings. The highest BCUT2D eigenvalue weighted by molar-refractivity contribution is 5.80. The van der Waals surface area contributed by atoms with Crippen molar-refractivity contribution in [1.82, 2.24) is 0 Å². The number of hydrogen-bond acceptors (Lipinski definition) is 2. The van der Waals surface area contributed by atoms with Gasteiger partial charge in [-0.1, -0.05) is 38.8 Å². The summed E-state index contributed by atoms with van der Waals surface area (Å²) >= 11 is 0. The zero-order chi connectivity index (χ0) is 17.0. The first-order valence-electron chi connectivity index (χ1n) is 9.50. The highest BCUT2D eigenvalue weighted by Gasteiger charge is 2.56. The predicted molar refractivity (Wildman–Crippen MR) is 93.9 cm³/mol. The van der Waals surface area contributed by atoms with Gasteiger partial charge < -0.3 is 4.74 Å². The highest BCUT2D eigenvalue weighted by atomic mass is 16.5. The van der Waals surface area contributed by atoms with E-state index in [1.807, 2.05) is 6.92 Å². The van der Waals surface area contributed by atoms with Crippen molar-refractivity contribution in [2.75, 3.05) is 0 Å². The van der Waals surface area contributed by atoms with Crippen molar-refractivity contribution in [2.24, 2.45) is 34.5 Å². The molecule has 2 heteroatoms. The second-order valence-electron chi connectivity index (χ2n) is 9.77. The van der Waals surface area contributed by atoms with Crippen LogP contribution in [-0.2, 0) is 9.53 Å². The molecule has 0 N–H and O–H groups in total. The summed E-state index contributed by atoms with van der Waals surface area (Å²) in [5.74, 6) is 3.25. The number of carbonyl (C=O) groups excluding carboxylic acids is 1. The van der Waals surface area contributed by atoms with E-state index in [0.29, 0.717) is 5.92 Å². The fourth-order valence-corrected chi connectivity index (χ4v) is 5.56. The number of allylic oxidation sites excluding steroid dienone is 1. The molecule has 130 valence electrons. The number of esters is 1. The van der Waals surface area contributed by atoms with Crippen molar-refractivity contribution >= 4 is 5.97 Å². The Bertz CT molecular complexity index is 508. The quantitative estimate of drug-likeness (QED) is 0.516. The van der Waals surface area contributed by atoms with Crippen LogP contribution < -0.4 is 0 Å². The third-order valence-corrected chi connectivity index (χ3v) is 7.19. The van der Waals surface area contributed by atoms with Crippen molar-refractivity contribution in [3.8, 4) is 0 Å². The van der Waals surface area contributed by atoms with Crippen LogP contribution in [0.25, 0.3) is 0 Å². The van der Waals surface area contributed by atoms with Crippen LogP contribution in [0.2, 0.25) is 0 Å². The van der Waals surface area contributed by atoms with Crippen LogP contribution in [0.1, 0.15) is 73.6 Å². The summed E-state index contributed by atoms with van der Waals surface area (Å²) in [5, 5.41) is 0. The van der Waals surface area contributed by atoms with Crippen LogP contribution in [0.4, 0.5) is 0 Å². The Balaban J connectivity index is 1.75. The van der Waals surface area contributed by atoms with Gasteiger partial charge in [0.2, 0.25) is 0 Å². The summed E-state index contributed by atoms with van der Waals surface area (Å²) in [5.41, 5.74) is 0.487. The maximum absolute atomic E-state index is 13.1. The standard InChI is InChI=1S/C21H34O2/c1-13(2)12-21(6,20(3,4)5)19(22)23-18-11-14-10-17(18)16-9-7-8-15(14)16/h12,14-18H,7-11H2,1-6H3. The zero-order valence-electron chi connectivity index (χ0n) is 15.8. The average molecular weight is 319 g/mol. The summed E-state index contributed by atoms with van der Waals surface area (Å²) in [7, 11) is 0. The van der Waals surface area contributed by atoms with Gasteiger partial charge in [-0.05, 0) is 75.5 Å². The molecule has 2 bridgehead atoms. The van der Waals surface area contributed by atoms with Gasteiger partial charge in [-0.2, -0.15) is 0 Å². The summed E-state index contributed by atoms with van der Waals surface area (Å²) in [4.78, 5) is 13.1. The van der Waals surface area contributed by atoms with Gasteiger partial charge in [-0.3, -0.25) is 4.79 Å². The second kappa shape index (κ2) is 5.63. The Hall–Kier alpha value is -0.790. The summed E-state index contributed by atoms with van der Waals surface area (Å²) < 4.78 is 6.16. The lowest BCUT2D eigenvalue weighted by atomic mass is 9.67. The van der Waals surface area contributed by atoms with E-state index in [0.717, 1.165) is 24.2 Å². The second-order valence-corrected chi connectivity index (χ2v) is 9.77. The van der Waals surface area contributed by atoms with E-state index in [-0.39, 0.29) is 17.5 Å². The molecule has 0 amide bonds. The first-order valence-corrected chi connectivity index (χ1v) is 9.50. The van der Waals surface area contributed by atoms with Crippen LogP contribution in [0, 0.1) is 34.5 Å². The van der Waals surface area contributed by atoms with E-state index in [1.165, 1.54) is 31.3 Å². The maximum atomic E-state index is 13.1. The minimum atomic E-state index is -0.553. The Morgan fingerprint density at radius 2 is 1.65 bits per heavy atom. The van der Waals surface area contributed by atoms with Gasteiger partial charge in [-0.15, -0.1) is 0 Å². The molecule has 0 aromatic carbocycles. The fraction of sp³-hybridized carbons (Fsp3) is 0.857. The van der Waals surface area contributed by atoms with Gasteiger partial charge in [0, 0.05) is 0 Å². The first-order chi connectivity index (χ1) is 10.6. The van der Waals surface area contributed by atoms with Crippen molar-refractivity contribution in [1.29, 1.82) is 0 Å². The minimum absolute atomic E-state index is 0.0155. The summed E-state index contributed by atoms with van der Waals surface area (Å²) in [6.07, 6.45) is 8.89. The molecule has 3 rings (SSSR count). The topological polar surface area (TPSA) is 26.3 Å². The third-order valence-electron chi connectivity index (χ3n) is 7.19. The van der Waals surface area contributed by atoms with E-state index in [9.17, 15) is 4.79 Å². The molecule has 23 heavy (non-hydrogen) atoms. The monoisotopic (exact) mass is 318 g/mol. The Morgan fingerprint density at radius 3 is 2.26 bits per heavy atom. The van der Waals surface area contributed by atoms with E-state index >= 15 is 0 Å². The average Bonchev–Trinajstić information content (AvgIpc) is 3.07. The van der Waals surface area contributed by atoms with Crippen molar-refractivity contribution in [2.45, 2.75) is 79.8 Å². The van der Waals surface area contributed by atoms with Crippen molar-refractivity contribution < 1.29 is 9.53 Å². The molecule has 0 spiro atoms. The molecule has 0 aromatic heterocycles. The van der Waals surface area contributed by atoms with Crippen LogP contribution in [0.15, 0.2) is 11.6 Å². The Morgan fingerprint density at radius 1 is 1.00 bits per heavy atom. The minimum Gasteiger partial charge on any atom is -0.461 e. The van der Waals surface area contributed by atoms with E-state index in [4.69, 9.17) is 4.74 Å². The highest BCUT2D eigenvalue weighted by Crippen LogP contribution is 2.59. The summed E-state index contributed by atoms with van der Waals surface area (Å²) in [6.45, 7) is 12.6. The third kappa shape index (κ3) is 2.76. The van der Waals surface area contributed by atoms with Gasteiger partial charge in [-0.25, -0.2) is 0 Å².